The number of likely N-dealkylation sites (tertiary alicyclic amines) is 1. The van der Waals surface area contributed by atoms with E-state index in [1.165, 1.54) is 37.9 Å². The average molecular weight is 375 g/mol. The molecule has 0 atom stereocenters. The molecule has 5 nitrogen and oxygen atoms in total. The standard InChI is InChI=1S/C20H27ClN4O/c21-17-6-4-5-16(13-17)14-24-10-7-18-19(15-24)22-25(20(18)26)12-11-23-8-2-1-3-9-23/h4-6,13,22H,1-3,7-12,14-15H2. The van der Waals surface area contributed by atoms with Crippen molar-refractivity contribution in [2.24, 2.45) is 0 Å². The van der Waals surface area contributed by atoms with Gasteiger partial charge >= 0.3 is 0 Å². The van der Waals surface area contributed by atoms with Crippen LogP contribution in [0.15, 0.2) is 29.1 Å². The van der Waals surface area contributed by atoms with Gasteiger partial charge < -0.3 is 4.90 Å². The van der Waals surface area contributed by atoms with Crippen LogP contribution in [0.25, 0.3) is 0 Å². The third-order valence-corrected chi connectivity index (χ3v) is 5.82. The molecule has 2 aromatic rings. The van der Waals surface area contributed by atoms with Crippen molar-refractivity contribution < 1.29 is 0 Å². The van der Waals surface area contributed by atoms with E-state index >= 15 is 0 Å². The van der Waals surface area contributed by atoms with Gasteiger partial charge in [0.05, 0.1) is 12.2 Å². The second kappa shape index (κ2) is 7.99. The van der Waals surface area contributed by atoms with Crippen LogP contribution in [-0.4, -0.2) is 45.8 Å². The van der Waals surface area contributed by atoms with Gasteiger partial charge in [-0.2, -0.15) is 0 Å². The van der Waals surface area contributed by atoms with Gasteiger partial charge in [0.25, 0.3) is 5.56 Å². The van der Waals surface area contributed by atoms with Crippen LogP contribution >= 0.6 is 11.6 Å². The fourth-order valence-corrected chi connectivity index (χ4v) is 4.36. The summed E-state index contributed by atoms with van der Waals surface area (Å²) in [6.45, 7) is 6.64. The van der Waals surface area contributed by atoms with E-state index in [2.05, 4.69) is 21.0 Å². The first-order valence-corrected chi connectivity index (χ1v) is 10.1. The third kappa shape index (κ3) is 4.05. The third-order valence-electron chi connectivity index (χ3n) is 5.58. The van der Waals surface area contributed by atoms with Crippen molar-refractivity contribution in [3.63, 3.8) is 0 Å². The molecule has 0 spiro atoms. The number of halogens is 1. The lowest BCUT2D eigenvalue weighted by atomic mass is 10.1. The van der Waals surface area contributed by atoms with E-state index in [-0.39, 0.29) is 5.56 Å². The number of piperidine rings is 1. The second-order valence-corrected chi connectivity index (χ2v) is 7.96. The van der Waals surface area contributed by atoms with E-state index in [0.717, 1.165) is 55.4 Å². The Bertz CT molecular complexity index is 806. The lowest BCUT2D eigenvalue weighted by Crippen LogP contribution is -2.35. The number of hydrogen-bond donors (Lipinski definition) is 1. The maximum atomic E-state index is 12.7. The van der Waals surface area contributed by atoms with Gasteiger partial charge in [0.2, 0.25) is 0 Å². The lowest BCUT2D eigenvalue weighted by molar-refractivity contribution is 0.216. The van der Waals surface area contributed by atoms with E-state index in [9.17, 15) is 4.79 Å². The van der Waals surface area contributed by atoms with Crippen LogP contribution in [0.5, 0.6) is 0 Å². The Hall–Kier alpha value is -1.56. The summed E-state index contributed by atoms with van der Waals surface area (Å²) in [7, 11) is 0. The molecular formula is C20H27ClN4O. The Balaban J connectivity index is 1.40. The Labute approximate surface area is 159 Å². The molecular weight excluding hydrogens is 348 g/mol. The summed E-state index contributed by atoms with van der Waals surface area (Å²) >= 11 is 6.09. The SMILES string of the molecule is O=c1c2c([nH]n1CCN1CCCCC1)CN(Cc1cccc(Cl)c1)CC2. The predicted molar refractivity (Wildman–Crippen MR) is 105 cm³/mol. The highest BCUT2D eigenvalue weighted by atomic mass is 35.5. The van der Waals surface area contributed by atoms with Gasteiger partial charge in [0, 0.05) is 36.8 Å². The van der Waals surface area contributed by atoms with E-state index < -0.39 is 0 Å². The molecule has 0 unspecified atom stereocenters. The van der Waals surface area contributed by atoms with Gasteiger partial charge in [-0.15, -0.1) is 0 Å². The Kier molecular flexibility index (Phi) is 5.48. The van der Waals surface area contributed by atoms with Crippen molar-refractivity contribution in [2.45, 2.75) is 45.3 Å². The molecule has 2 aliphatic heterocycles. The van der Waals surface area contributed by atoms with Gasteiger partial charge in [-0.05, 0) is 50.0 Å². The number of rotatable bonds is 5. The molecule has 6 heteroatoms. The monoisotopic (exact) mass is 374 g/mol. The van der Waals surface area contributed by atoms with E-state index in [0.29, 0.717) is 0 Å². The van der Waals surface area contributed by atoms with E-state index in [1.54, 1.807) is 0 Å². The first kappa shape index (κ1) is 17.8. The van der Waals surface area contributed by atoms with Crippen molar-refractivity contribution in [2.75, 3.05) is 26.2 Å². The topological polar surface area (TPSA) is 44.3 Å². The molecule has 3 heterocycles. The Morgan fingerprint density at radius 3 is 2.69 bits per heavy atom. The number of fused-ring (bicyclic) bond motifs is 1. The quantitative estimate of drug-likeness (QED) is 0.875. The molecule has 4 rings (SSSR count). The number of H-pyrrole nitrogens is 1. The molecule has 140 valence electrons. The normalized spacial score (nSPS) is 18.8. The maximum Gasteiger partial charge on any atom is 0.270 e. The van der Waals surface area contributed by atoms with Crippen molar-refractivity contribution >= 4 is 11.6 Å². The molecule has 0 saturated carbocycles. The van der Waals surface area contributed by atoms with E-state index in [4.69, 9.17) is 11.6 Å². The first-order chi connectivity index (χ1) is 12.7. The summed E-state index contributed by atoms with van der Waals surface area (Å²) in [6.07, 6.45) is 4.74. The average Bonchev–Trinajstić information content (AvgIpc) is 2.96. The molecule has 1 aromatic heterocycles. The van der Waals surface area contributed by atoms with Crippen LogP contribution in [-0.2, 0) is 26.1 Å². The van der Waals surface area contributed by atoms with E-state index in [1.807, 2.05) is 22.9 Å². The number of aromatic nitrogens is 2. The van der Waals surface area contributed by atoms with Gasteiger partial charge in [-0.3, -0.25) is 19.5 Å². The Morgan fingerprint density at radius 1 is 1.04 bits per heavy atom. The molecule has 0 aliphatic carbocycles. The molecule has 0 bridgehead atoms. The number of hydrogen-bond acceptors (Lipinski definition) is 3. The lowest BCUT2D eigenvalue weighted by Gasteiger charge is -2.26. The molecule has 2 aliphatic rings. The first-order valence-electron chi connectivity index (χ1n) is 9.69. The molecule has 1 N–H and O–H groups in total. The minimum Gasteiger partial charge on any atom is -0.301 e. The zero-order chi connectivity index (χ0) is 17.9. The van der Waals surface area contributed by atoms with Gasteiger partial charge in [0.1, 0.15) is 0 Å². The van der Waals surface area contributed by atoms with Gasteiger partial charge in [0.15, 0.2) is 0 Å². The molecule has 26 heavy (non-hydrogen) atoms. The number of benzene rings is 1. The zero-order valence-electron chi connectivity index (χ0n) is 15.2. The highest BCUT2D eigenvalue weighted by Crippen LogP contribution is 2.18. The summed E-state index contributed by atoms with van der Waals surface area (Å²) in [6, 6.07) is 8.02. The van der Waals surface area contributed by atoms with Crippen molar-refractivity contribution in [3.05, 3.63) is 56.5 Å². The number of nitrogens with one attached hydrogen (secondary N) is 1. The van der Waals surface area contributed by atoms with Crippen LogP contribution < -0.4 is 5.56 Å². The van der Waals surface area contributed by atoms with Crippen LogP contribution in [0, 0.1) is 0 Å². The number of aromatic amines is 1. The molecule has 0 radical (unpaired) electrons. The highest BCUT2D eigenvalue weighted by Gasteiger charge is 2.22. The smallest absolute Gasteiger partial charge is 0.270 e. The zero-order valence-corrected chi connectivity index (χ0v) is 16.0. The maximum absolute atomic E-state index is 12.7. The second-order valence-electron chi connectivity index (χ2n) is 7.52. The van der Waals surface area contributed by atoms with Crippen molar-refractivity contribution in [3.8, 4) is 0 Å². The summed E-state index contributed by atoms with van der Waals surface area (Å²) < 4.78 is 1.82. The van der Waals surface area contributed by atoms with Crippen LogP contribution in [0.2, 0.25) is 5.02 Å². The molecule has 1 aromatic carbocycles. The van der Waals surface area contributed by atoms with Gasteiger partial charge in [-0.1, -0.05) is 30.2 Å². The summed E-state index contributed by atoms with van der Waals surface area (Å²) in [5, 5.41) is 4.15. The van der Waals surface area contributed by atoms with Crippen LogP contribution in [0.3, 0.4) is 0 Å². The number of nitrogens with zero attached hydrogens (tertiary/aromatic N) is 3. The molecule has 1 fully saturated rings. The highest BCUT2D eigenvalue weighted by molar-refractivity contribution is 6.30. The largest absolute Gasteiger partial charge is 0.301 e. The van der Waals surface area contributed by atoms with Crippen LogP contribution in [0.1, 0.15) is 36.1 Å². The molecule has 0 amide bonds. The summed E-state index contributed by atoms with van der Waals surface area (Å²) in [5.74, 6) is 0. The Morgan fingerprint density at radius 2 is 1.88 bits per heavy atom. The minimum absolute atomic E-state index is 0.180. The summed E-state index contributed by atoms with van der Waals surface area (Å²) in [4.78, 5) is 17.5. The van der Waals surface area contributed by atoms with Crippen molar-refractivity contribution in [1.29, 1.82) is 0 Å². The van der Waals surface area contributed by atoms with Crippen molar-refractivity contribution in [1.82, 2.24) is 19.6 Å². The minimum atomic E-state index is 0.180. The molecule has 1 saturated heterocycles. The fraction of sp³-hybridized carbons (Fsp3) is 0.550. The summed E-state index contributed by atoms with van der Waals surface area (Å²) in [5.41, 5.74) is 3.46. The fourth-order valence-electron chi connectivity index (χ4n) is 4.14. The van der Waals surface area contributed by atoms with Crippen LogP contribution in [0.4, 0.5) is 0 Å². The van der Waals surface area contributed by atoms with Gasteiger partial charge in [-0.25, -0.2) is 0 Å². The predicted octanol–water partition coefficient (Wildman–Crippen LogP) is 2.87.